The summed E-state index contributed by atoms with van der Waals surface area (Å²) in [4.78, 5) is 36.5. The van der Waals surface area contributed by atoms with Gasteiger partial charge in [0.25, 0.3) is 5.91 Å². The topological polar surface area (TPSA) is 137 Å². The Morgan fingerprint density at radius 3 is 2.36 bits per heavy atom. The Bertz CT molecular complexity index is 1570. The van der Waals surface area contributed by atoms with Crippen molar-refractivity contribution in [1.82, 2.24) is 10.6 Å². The highest BCUT2D eigenvalue weighted by Crippen LogP contribution is 2.37. The molecule has 0 radical (unpaired) electrons. The van der Waals surface area contributed by atoms with Gasteiger partial charge in [0, 0.05) is 37.5 Å². The number of nitrogens with zero attached hydrogens (tertiary/aromatic N) is 1. The number of benzene rings is 3. The number of carbonyl (C=O) groups excluding carboxylic acids is 3. The van der Waals surface area contributed by atoms with Crippen LogP contribution in [-0.4, -0.2) is 46.0 Å². The molecule has 1 aliphatic heterocycles. The number of hydrogen-bond acceptors (Lipinski definition) is 6. The number of carbonyl (C=O) groups is 3. The molecule has 3 amide bonds. The molecule has 10 nitrogen and oxygen atoms in total. The lowest BCUT2D eigenvalue weighted by atomic mass is 9.99. The van der Waals surface area contributed by atoms with Gasteiger partial charge in [-0.25, -0.2) is 8.42 Å². The lowest BCUT2D eigenvalue weighted by Crippen LogP contribution is -2.39. The number of fused-ring (bicyclic) bond motifs is 1. The minimum Gasteiger partial charge on any atom is -0.358 e. The molecule has 0 fully saturated rings. The molecule has 0 aliphatic carbocycles. The van der Waals surface area contributed by atoms with E-state index in [0.29, 0.717) is 34.8 Å². The number of sulfonamides is 1. The summed E-state index contributed by atoms with van der Waals surface area (Å²) in [6.45, 7) is 1.44. The van der Waals surface area contributed by atoms with Crippen LogP contribution < -0.4 is 25.6 Å². The molecule has 3 aromatic carbocycles. The van der Waals surface area contributed by atoms with Crippen molar-refractivity contribution in [1.29, 1.82) is 0 Å². The van der Waals surface area contributed by atoms with Crippen LogP contribution in [0.25, 0.3) is 11.3 Å². The van der Waals surface area contributed by atoms with E-state index in [1.54, 1.807) is 24.3 Å². The summed E-state index contributed by atoms with van der Waals surface area (Å²) in [5.74, 6) is -0.878. The summed E-state index contributed by atoms with van der Waals surface area (Å²) in [5.41, 5.74) is 4.74. The SMILES string of the molecule is CNC(=O)CN(c1cccc(NC(=C2C(=O)Nc3ccccc32)c2ccc(CNC(C)=O)cc2)c1)S(C)(=O)=O. The molecular weight excluding hydrogens is 518 g/mol. The Morgan fingerprint density at radius 2 is 1.69 bits per heavy atom. The second kappa shape index (κ2) is 11.4. The largest absolute Gasteiger partial charge is 0.358 e. The molecule has 0 aromatic heterocycles. The molecule has 0 saturated carbocycles. The van der Waals surface area contributed by atoms with Crippen molar-refractivity contribution >= 4 is 56.1 Å². The van der Waals surface area contributed by atoms with Gasteiger partial charge < -0.3 is 21.3 Å². The fourth-order valence-corrected chi connectivity index (χ4v) is 5.00. The third-order valence-electron chi connectivity index (χ3n) is 6.08. The Labute approximate surface area is 227 Å². The molecule has 0 atom stereocenters. The van der Waals surface area contributed by atoms with Gasteiger partial charge in [-0.15, -0.1) is 0 Å². The van der Waals surface area contributed by atoms with Gasteiger partial charge >= 0.3 is 0 Å². The smallest absolute Gasteiger partial charge is 0.258 e. The van der Waals surface area contributed by atoms with Crippen LogP contribution in [0, 0.1) is 0 Å². The second-order valence-corrected chi connectivity index (χ2v) is 10.9. The molecule has 0 unspecified atom stereocenters. The highest BCUT2D eigenvalue weighted by atomic mass is 32.2. The third-order valence-corrected chi connectivity index (χ3v) is 7.22. The fourth-order valence-electron chi connectivity index (χ4n) is 4.15. The highest BCUT2D eigenvalue weighted by molar-refractivity contribution is 7.92. The lowest BCUT2D eigenvalue weighted by Gasteiger charge is -2.23. The average molecular weight is 548 g/mol. The van der Waals surface area contributed by atoms with Gasteiger partial charge in [0.05, 0.1) is 23.2 Å². The van der Waals surface area contributed by atoms with Gasteiger partial charge in [-0.3, -0.25) is 18.7 Å². The van der Waals surface area contributed by atoms with E-state index in [9.17, 15) is 22.8 Å². The lowest BCUT2D eigenvalue weighted by molar-refractivity contribution is -0.119. The summed E-state index contributed by atoms with van der Waals surface area (Å²) in [6.07, 6.45) is 1.03. The Morgan fingerprint density at radius 1 is 0.974 bits per heavy atom. The molecular formula is C28H29N5O5S. The highest BCUT2D eigenvalue weighted by Gasteiger charge is 2.28. The average Bonchev–Trinajstić information content (AvgIpc) is 3.24. The van der Waals surface area contributed by atoms with Crippen molar-refractivity contribution in [2.45, 2.75) is 13.5 Å². The van der Waals surface area contributed by atoms with Crippen molar-refractivity contribution in [3.05, 3.63) is 89.5 Å². The van der Waals surface area contributed by atoms with Crippen LogP contribution >= 0.6 is 0 Å². The first-order valence-electron chi connectivity index (χ1n) is 12.1. The van der Waals surface area contributed by atoms with Crippen LogP contribution in [0.5, 0.6) is 0 Å². The van der Waals surface area contributed by atoms with E-state index < -0.39 is 15.9 Å². The van der Waals surface area contributed by atoms with E-state index in [-0.39, 0.29) is 24.0 Å². The molecule has 3 aromatic rings. The predicted molar refractivity (Wildman–Crippen MR) is 152 cm³/mol. The van der Waals surface area contributed by atoms with E-state index >= 15 is 0 Å². The molecule has 11 heteroatoms. The maximum atomic E-state index is 13.2. The number of rotatable bonds is 9. The van der Waals surface area contributed by atoms with Crippen LogP contribution in [0.15, 0.2) is 72.8 Å². The summed E-state index contributed by atoms with van der Waals surface area (Å²) < 4.78 is 26.0. The molecule has 39 heavy (non-hydrogen) atoms. The number of para-hydroxylation sites is 1. The van der Waals surface area contributed by atoms with Crippen molar-refractivity contribution in [2.24, 2.45) is 0 Å². The van der Waals surface area contributed by atoms with E-state index in [2.05, 4.69) is 21.3 Å². The molecule has 0 spiro atoms. The molecule has 202 valence electrons. The van der Waals surface area contributed by atoms with Crippen molar-refractivity contribution < 1.29 is 22.8 Å². The Kier molecular flexibility index (Phi) is 8.01. The van der Waals surface area contributed by atoms with Gasteiger partial charge in [-0.05, 0) is 35.4 Å². The summed E-state index contributed by atoms with van der Waals surface area (Å²) >= 11 is 0. The van der Waals surface area contributed by atoms with Gasteiger partial charge in [0.15, 0.2) is 0 Å². The number of likely N-dealkylation sites (N-methyl/N-ethyl adjacent to an activating group) is 1. The quantitative estimate of drug-likeness (QED) is 0.304. The number of anilines is 3. The minimum atomic E-state index is -3.76. The summed E-state index contributed by atoms with van der Waals surface area (Å²) in [6, 6.07) is 21.4. The van der Waals surface area contributed by atoms with Crippen LogP contribution in [-0.2, 0) is 31.0 Å². The van der Waals surface area contributed by atoms with Crippen LogP contribution in [0.4, 0.5) is 17.1 Å². The fraction of sp³-hybridized carbons (Fsp3) is 0.179. The van der Waals surface area contributed by atoms with Crippen LogP contribution in [0.1, 0.15) is 23.6 Å². The minimum absolute atomic E-state index is 0.137. The van der Waals surface area contributed by atoms with E-state index in [1.807, 2.05) is 48.5 Å². The molecule has 4 N–H and O–H groups in total. The van der Waals surface area contributed by atoms with Crippen LogP contribution in [0.2, 0.25) is 0 Å². The van der Waals surface area contributed by atoms with Crippen LogP contribution in [0.3, 0.4) is 0 Å². The third kappa shape index (κ3) is 6.44. The van der Waals surface area contributed by atoms with E-state index in [1.165, 1.54) is 14.0 Å². The molecule has 4 rings (SSSR count). The molecule has 1 heterocycles. The normalized spacial score (nSPS) is 13.7. The second-order valence-electron chi connectivity index (χ2n) is 8.97. The molecule has 0 saturated heterocycles. The zero-order valence-corrected chi connectivity index (χ0v) is 22.6. The summed E-state index contributed by atoms with van der Waals surface area (Å²) in [7, 11) is -2.33. The number of nitrogens with one attached hydrogen (secondary N) is 4. The van der Waals surface area contributed by atoms with Gasteiger partial charge in [0.2, 0.25) is 21.8 Å². The first kappa shape index (κ1) is 27.4. The van der Waals surface area contributed by atoms with E-state index in [0.717, 1.165) is 21.7 Å². The first-order valence-corrected chi connectivity index (χ1v) is 14.0. The molecule has 1 aliphatic rings. The van der Waals surface area contributed by atoms with Gasteiger partial charge in [-0.2, -0.15) is 0 Å². The first-order chi connectivity index (χ1) is 18.6. The van der Waals surface area contributed by atoms with Gasteiger partial charge in [0.1, 0.15) is 6.54 Å². The zero-order valence-electron chi connectivity index (χ0n) is 21.7. The summed E-state index contributed by atoms with van der Waals surface area (Å²) in [5, 5.41) is 11.4. The predicted octanol–water partition coefficient (Wildman–Crippen LogP) is 2.77. The zero-order chi connectivity index (χ0) is 28.2. The van der Waals surface area contributed by atoms with Crippen molar-refractivity contribution in [3.63, 3.8) is 0 Å². The van der Waals surface area contributed by atoms with Crippen molar-refractivity contribution in [2.75, 3.05) is 34.8 Å². The van der Waals surface area contributed by atoms with E-state index in [4.69, 9.17) is 0 Å². The van der Waals surface area contributed by atoms with Gasteiger partial charge in [-0.1, -0.05) is 48.5 Å². The Balaban J connectivity index is 1.78. The molecule has 0 bridgehead atoms. The number of amides is 3. The Hall–Kier alpha value is -4.64. The standard InChI is InChI=1S/C28H29N5O5S/c1-18(34)30-16-19-11-13-20(14-12-19)27(26-23-9-4-5-10-24(23)32-28(26)36)31-21-7-6-8-22(15-21)33(39(3,37)38)17-25(35)29-2/h4-15,31H,16-17H2,1-3H3,(H,29,35)(H,30,34)(H,32,36). The number of hydrogen-bond donors (Lipinski definition) is 4. The maximum absolute atomic E-state index is 13.2. The maximum Gasteiger partial charge on any atom is 0.258 e. The van der Waals surface area contributed by atoms with Crippen molar-refractivity contribution in [3.8, 4) is 0 Å². The monoisotopic (exact) mass is 547 g/mol.